The molecule has 2 aromatic rings. The number of carbonyl (C=O) groups excluding carboxylic acids is 2. The van der Waals surface area contributed by atoms with E-state index in [-0.39, 0.29) is 5.91 Å². The van der Waals surface area contributed by atoms with E-state index in [0.717, 1.165) is 42.5 Å². The molecule has 1 heterocycles. The predicted molar refractivity (Wildman–Crippen MR) is 129 cm³/mol. The quantitative estimate of drug-likeness (QED) is 0.473. The molecule has 1 aliphatic rings. The smallest absolute Gasteiger partial charge is 0.341 e. The summed E-state index contributed by atoms with van der Waals surface area (Å²) in [5.74, 6) is 0.607. The zero-order valence-corrected chi connectivity index (χ0v) is 20.7. The number of carbonyl (C=O) groups is 2. The van der Waals surface area contributed by atoms with Gasteiger partial charge in [-0.3, -0.25) is 4.79 Å². The Hall–Kier alpha value is -2.74. The minimum atomic E-state index is -0.417. The van der Waals surface area contributed by atoms with Crippen LogP contribution in [0.4, 0.5) is 5.00 Å². The zero-order chi connectivity index (χ0) is 23.8. The van der Waals surface area contributed by atoms with Gasteiger partial charge < -0.3 is 24.3 Å². The summed E-state index contributed by atoms with van der Waals surface area (Å²) in [7, 11) is 1.37. The standard InChI is InChI=1S/C25H33NO6S/c1-5-30-18-14-16(15-19(31-6-2)22(18)32-7-3)23(27)26-24-21(25(28)29-4)17-12-10-8-9-11-13-20(17)33-24/h14-15H,5-13H2,1-4H3,(H,26,27). The average molecular weight is 476 g/mol. The van der Waals surface area contributed by atoms with E-state index in [4.69, 9.17) is 18.9 Å². The Labute approximate surface area is 199 Å². The zero-order valence-electron chi connectivity index (χ0n) is 19.9. The van der Waals surface area contributed by atoms with Crippen molar-refractivity contribution in [1.29, 1.82) is 0 Å². The summed E-state index contributed by atoms with van der Waals surface area (Å²) in [6, 6.07) is 3.29. The Morgan fingerprint density at radius 3 is 2.09 bits per heavy atom. The van der Waals surface area contributed by atoms with Gasteiger partial charge in [0.25, 0.3) is 5.91 Å². The van der Waals surface area contributed by atoms with Gasteiger partial charge in [0.05, 0.1) is 32.5 Å². The fourth-order valence-electron chi connectivity index (χ4n) is 4.02. The SMILES string of the molecule is CCOc1cc(C(=O)Nc2sc3c(c2C(=O)OC)CCCCCC3)cc(OCC)c1OCC. The molecule has 0 aliphatic heterocycles. The minimum absolute atomic E-state index is 0.348. The number of nitrogens with one attached hydrogen (secondary N) is 1. The summed E-state index contributed by atoms with van der Waals surface area (Å²) < 4.78 is 22.3. The molecule has 0 atom stereocenters. The molecule has 0 radical (unpaired) electrons. The molecule has 0 saturated carbocycles. The first-order valence-corrected chi connectivity index (χ1v) is 12.5. The van der Waals surface area contributed by atoms with Crippen molar-refractivity contribution in [3.63, 3.8) is 0 Å². The van der Waals surface area contributed by atoms with Crippen molar-refractivity contribution in [3.05, 3.63) is 33.7 Å². The van der Waals surface area contributed by atoms with Crippen molar-refractivity contribution in [1.82, 2.24) is 0 Å². The van der Waals surface area contributed by atoms with Crippen LogP contribution in [0.1, 0.15) is 77.6 Å². The number of methoxy groups -OCH3 is 1. The van der Waals surface area contributed by atoms with E-state index in [1.165, 1.54) is 24.9 Å². The molecule has 33 heavy (non-hydrogen) atoms. The maximum atomic E-state index is 13.3. The van der Waals surface area contributed by atoms with Crippen LogP contribution in [0, 0.1) is 0 Å². The molecule has 0 saturated heterocycles. The maximum Gasteiger partial charge on any atom is 0.341 e. The first-order valence-electron chi connectivity index (χ1n) is 11.6. The Balaban J connectivity index is 1.99. The number of amides is 1. The summed E-state index contributed by atoms with van der Waals surface area (Å²) in [6.07, 6.45) is 6.15. The Morgan fingerprint density at radius 1 is 0.909 bits per heavy atom. The highest BCUT2D eigenvalue weighted by Crippen LogP contribution is 2.41. The molecule has 180 valence electrons. The van der Waals surface area contributed by atoms with Gasteiger partial charge in [-0.05, 0) is 64.2 Å². The summed E-state index contributed by atoms with van der Waals surface area (Å²) in [4.78, 5) is 27.1. The molecule has 0 fully saturated rings. The topological polar surface area (TPSA) is 83.1 Å². The third kappa shape index (κ3) is 5.79. The van der Waals surface area contributed by atoms with Gasteiger partial charge in [-0.1, -0.05) is 12.8 Å². The van der Waals surface area contributed by atoms with Crippen LogP contribution in [0.25, 0.3) is 0 Å². The van der Waals surface area contributed by atoms with Gasteiger partial charge >= 0.3 is 5.97 Å². The van der Waals surface area contributed by atoms with Crippen molar-refractivity contribution >= 4 is 28.2 Å². The molecule has 1 N–H and O–H groups in total. The molecule has 0 spiro atoms. The number of hydrogen-bond donors (Lipinski definition) is 1. The second-order valence-electron chi connectivity index (χ2n) is 7.67. The molecular formula is C25H33NO6S. The van der Waals surface area contributed by atoms with Crippen LogP contribution in [0.2, 0.25) is 0 Å². The van der Waals surface area contributed by atoms with Crippen LogP contribution in [-0.2, 0) is 17.6 Å². The van der Waals surface area contributed by atoms with Crippen LogP contribution in [0.15, 0.2) is 12.1 Å². The molecule has 0 unspecified atom stereocenters. The van der Waals surface area contributed by atoms with Crippen LogP contribution < -0.4 is 19.5 Å². The second-order valence-corrected chi connectivity index (χ2v) is 8.77. The first-order chi connectivity index (χ1) is 16.0. The molecule has 1 aromatic carbocycles. The van der Waals surface area contributed by atoms with E-state index >= 15 is 0 Å². The summed E-state index contributed by atoms with van der Waals surface area (Å²) in [5.41, 5.74) is 1.86. The number of thiophene rings is 1. The highest BCUT2D eigenvalue weighted by atomic mass is 32.1. The Kier molecular flexibility index (Phi) is 9.00. The van der Waals surface area contributed by atoms with Gasteiger partial charge in [0.1, 0.15) is 5.00 Å². The summed E-state index contributed by atoms with van der Waals surface area (Å²) in [6.45, 7) is 6.89. The van der Waals surface area contributed by atoms with Crippen molar-refractivity contribution in [2.45, 2.75) is 59.3 Å². The third-order valence-electron chi connectivity index (χ3n) is 5.46. The lowest BCUT2D eigenvalue weighted by Crippen LogP contribution is -2.15. The first kappa shape index (κ1) is 24.9. The number of esters is 1. The maximum absolute atomic E-state index is 13.3. The molecule has 0 bridgehead atoms. The molecule has 7 nitrogen and oxygen atoms in total. The van der Waals surface area contributed by atoms with Crippen molar-refractivity contribution in [2.24, 2.45) is 0 Å². The number of fused-ring (bicyclic) bond motifs is 1. The molecule has 8 heteroatoms. The van der Waals surface area contributed by atoms with E-state index in [9.17, 15) is 9.59 Å². The summed E-state index contributed by atoms with van der Waals surface area (Å²) in [5, 5.41) is 3.49. The fraction of sp³-hybridized carbons (Fsp3) is 0.520. The van der Waals surface area contributed by atoms with Gasteiger partial charge in [0, 0.05) is 10.4 Å². The fourth-order valence-corrected chi connectivity index (χ4v) is 5.29. The summed E-state index contributed by atoms with van der Waals surface area (Å²) >= 11 is 1.47. The van der Waals surface area contributed by atoms with E-state index in [2.05, 4.69) is 5.32 Å². The van der Waals surface area contributed by atoms with Crippen LogP contribution in [-0.4, -0.2) is 38.8 Å². The highest BCUT2D eigenvalue weighted by Gasteiger charge is 2.27. The molecular weight excluding hydrogens is 442 g/mol. The van der Waals surface area contributed by atoms with Gasteiger partial charge in [0.2, 0.25) is 5.75 Å². The van der Waals surface area contributed by atoms with E-state index in [1.807, 2.05) is 20.8 Å². The van der Waals surface area contributed by atoms with Crippen molar-refractivity contribution in [3.8, 4) is 17.2 Å². The van der Waals surface area contributed by atoms with Gasteiger partial charge in [0.15, 0.2) is 11.5 Å². The number of rotatable bonds is 9. The predicted octanol–water partition coefficient (Wildman–Crippen LogP) is 5.64. The van der Waals surface area contributed by atoms with Gasteiger partial charge in [-0.25, -0.2) is 4.79 Å². The molecule has 1 aliphatic carbocycles. The van der Waals surface area contributed by atoms with Crippen molar-refractivity contribution in [2.75, 3.05) is 32.2 Å². The Morgan fingerprint density at radius 2 is 1.52 bits per heavy atom. The largest absolute Gasteiger partial charge is 0.490 e. The van der Waals surface area contributed by atoms with Crippen LogP contribution in [0.5, 0.6) is 17.2 Å². The van der Waals surface area contributed by atoms with Crippen molar-refractivity contribution < 1.29 is 28.5 Å². The average Bonchev–Trinajstić information content (AvgIpc) is 3.11. The van der Waals surface area contributed by atoms with Gasteiger partial charge in [-0.2, -0.15) is 0 Å². The Bertz CT molecular complexity index is 957. The normalized spacial score (nSPS) is 13.3. The molecule has 3 rings (SSSR count). The third-order valence-corrected chi connectivity index (χ3v) is 6.67. The number of anilines is 1. The highest BCUT2D eigenvalue weighted by molar-refractivity contribution is 7.17. The van der Waals surface area contributed by atoms with Gasteiger partial charge in [-0.15, -0.1) is 11.3 Å². The van der Waals surface area contributed by atoms with E-state index in [0.29, 0.717) is 53.2 Å². The second kappa shape index (κ2) is 11.9. The lowest BCUT2D eigenvalue weighted by molar-refractivity contribution is 0.0601. The number of aryl methyl sites for hydroxylation is 1. The van der Waals surface area contributed by atoms with Crippen LogP contribution >= 0.6 is 11.3 Å². The number of ether oxygens (including phenoxy) is 4. The van der Waals surface area contributed by atoms with E-state index in [1.54, 1.807) is 12.1 Å². The number of benzene rings is 1. The molecule has 1 amide bonds. The van der Waals surface area contributed by atoms with Crippen LogP contribution in [0.3, 0.4) is 0 Å². The monoisotopic (exact) mass is 475 g/mol. The lowest BCUT2D eigenvalue weighted by Gasteiger charge is -2.17. The number of hydrogen-bond acceptors (Lipinski definition) is 7. The minimum Gasteiger partial charge on any atom is -0.490 e. The lowest BCUT2D eigenvalue weighted by atomic mass is 9.96. The van der Waals surface area contributed by atoms with E-state index < -0.39 is 5.97 Å². The molecule has 1 aromatic heterocycles.